The van der Waals surface area contributed by atoms with Crippen molar-refractivity contribution >= 4 is 6.03 Å². The molecule has 0 spiro atoms. The third-order valence-corrected chi connectivity index (χ3v) is 2.29. The molecule has 1 fully saturated rings. The van der Waals surface area contributed by atoms with Gasteiger partial charge in [-0.2, -0.15) is 0 Å². The van der Waals surface area contributed by atoms with Crippen LogP contribution in [-0.2, 0) is 0 Å². The van der Waals surface area contributed by atoms with Crippen molar-refractivity contribution in [2.75, 3.05) is 13.1 Å². The summed E-state index contributed by atoms with van der Waals surface area (Å²) in [5, 5.41) is 0. The highest BCUT2D eigenvalue weighted by molar-refractivity contribution is 5.76. The van der Waals surface area contributed by atoms with Crippen molar-refractivity contribution in [3.05, 3.63) is 18.7 Å². The van der Waals surface area contributed by atoms with Gasteiger partial charge >= 0.3 is 6.03 Å². The Bertz CT molecular complexity index is 275. The van der Waals surface area contributed by atoms with Crippen LogP contribution in [0.1, 0.15) is 19.3 Å². The van der Waals surface area contributed by atoms with Crippen LogP contribution in [0.5, 0.6) is 0 Å². The Hall–Kier alpha value is -1.32. The molecule has 0 aromatic carbocycles. The van der Waals surface area contributed by atoms with E-state index < -0.39 is 0 Å². The van der Waals surface area contributed by atoms with E-state index in [0.717, 1.165) is 25.9 Å². The molecule has 4 heteroatoms. The number of aromatic nitrogens is 2. The lowest BCUT2D eigenvalue weighted by Crippen LogP contribution is -2.38. The molecule has 1 radical (unpaired) electrons. The normalized spacial score (nSPS) is 17.4. The summed E-state index contributed by atoms with van der Waals surface area (Å²) in [6.07, 6.45) is 9.27. The number of imidazole rings is 1. The number of rotatable bonds is 0. The van der Waals surface area contributed by atoms with Gasteiger partial charge in [-0.1, -0.05) is 0 Å². The zero-order valence-electron chi connectivity index (χ0n) is 7.44. The van der Waals surface area contributed by atoms with Gasteiger partial charge < -0.3 is 4.90 Å². The van der Waals surface area contributed by atoms with Crippen LogP contribution in [0, 0.1) is 6.33 Å². The Kier molecular flexibility index (Phi) is 2.29. The molecule has 1 aliphatic rings. The van der Waals surface area contributed by atoms with Gasteiger partial charge in [0, 0.05) is 25.5 Å². The molecule has 1 saturated heterocycles. The molecule has 1 amide bonds. The molecule has 0 N–H and O–H groups in total. The maximum absolute atomic E-state index is 11.7. The zero-order chi connectivity index (χ0) is 9.10. The van der Waals surface area contributed by atoms with Crippen LogP contribution in [0.25, 0.3) is 0 Å². The molecule has 69 valence electrons. The molecular weight excluding hydrogens is 166 g/mol. The van der Waals surface area contributed by atoms with E-state index in [1.807, 2.05) is 4.90 Å². The van der Waals surface area contributed by atoms with E-state index in [1.165, 1.54) is 11.0 Å². The second-order valence-electron chi connectivity index (χ2n) is 3.23. The fourth-order valence-electron chi connectivity index (χ4n) is 1.57. The highest BCUT2D eigenvalue weighted by Gasteiger charge is 2.17. The van der Waals surface area contributed by atoms with Gasteiger partial charge in [-0.15, -0.1) is 0 Å². The SMILES string of the molecule is O=C(N1CCCCC1)n1[c]ncc1. The van der Waals surface area contributed by atoms with E-state index >= 15 is 0 Å². The number of carbonyl (C=O) groups excluding carboxylic acids is 1. The minimum Gasteiger partial charge on any atom is -0.324 e. The first-order chi connectivity index (χ1) is 6.38. The fraction of sp³-hybridized carbons (Fsp3) is 0.556. The highest BCUT2D eigenvalue weighted by Crippen LogP contribution is 2.09. The number of hydrogen-bond donors (Lipinski definition) is 0. The minimum absolute atomic E-state index is 0.00259. The lowest BCUT2D eigenvalue weighted by atomic mass is 10.1. The van der Waals surface area contributed by atoms with Crippen molar-refractivity contribution in [2.45, 2.75) is 19.3 Å². The van der Waals surface area contributed by atoms with Gasteiger partial charge in [0.2, 0.25) is 0 Å². The maximum Gasteiger partial charge on any atom is 0.329 e. The molecule has 4 nitrogen and oxygen atoms in total. The average Bonchev–Trinajstić information content (AvgIpc) is 2.71. The van der Waals surface area contributed by atoms with Gasteiger partial charge in [-0.3, -0.25) is 0 Å². The van der Waals surface area contributed by atoms with Crippen LogP contribution in [-0.4, -0.2) is 33.6 Å². The van der Waals surface area contributed by atoms with Gasteiger partial charge in [0.1, 0.15) is 0 Å². The molecule has 0 bridgehead atoms. The quantitative estimate of drug-likeness (QED) is 0.597. The number of amides is 1. The van der Waals surface area contributed by atoms with E-state index in [1.54, 1.807) is 12.4 Å². The fourth-order valence-corrected chi connectivity index (χ4v) is 1.57. The zero-order valence-corrected chi connectivity index (χ0v) is 7.44. The van der Waals surface area contributed by atoms with Crippen molar-refractivity contribution in [1.82, 2.24) is 14.5 Å². The number of hydrogen-bond acceptors (Lipinski definition) is 2. The molecule has 0 unspecified atom stereocenters. The number of piperidine rings is 1. The summed E-state index contributed by atoms with van der Waals surface area (Å²) in [5.41, 5.74) is 0. The Morgan fingerprint density at radius 3 is 2.69 bits per heavy atom. The Balaban J connectivity index is 2.04. The first-order valence-electron chi connectivity index (χ1n) is 4.58. The summed E-state index contributed by atoms with van der Waals surface area (Å²) in [6.45, 7) is 1.73. The average molecular weight is 178 g/mol. The van der Waals surface area contributed by atoms with Crippen molar-refractivity contribution < 1.29 is 4.79 Å². The second kappa shape index (κ2) is 3.60. The minimum atomic E-state index is -0.00259. The number of likely N-dealkylation sites (tertiary alicyclic amines) is 1. The van der Waals surface area contributed by atoms with Crippen LogP contribution < -0.4 is 0 Å². The summed E-state index contributed by atoms with van der Waals surface area (Å²) in [6, 6.07) is -0.00259. The molecule has 0 saturated carbocycles. The van der Waals surface area contributed by atoms with E-state index in [2.05, 4.69) is 11.3 Å². The van der Waals surface area contributed by atoms with Crippen molar-refractivity contribution in [2.24, 2.45) is 0 Å². The molecule has 1 aromatic rings. The van der Waals surface area contributed by atoms with Crippen molar-refractivity contribution in [1.29, 1.82) is 0 Å². The molecule has 13 heavy (non-hydrogen) atoms. The number of nitrogens with zero attached hydrogens (tertiary/aromatic N) is 3. The largest absolute Gasteiger partial charge is 0.329 e. The number of carbonyl (C=O) groups is 1. The Morgan fingerprint density at radius 1 is 1.31 bits per heavy atom. The summed E-state index contributed by atoms with van der Waals surface area (Å²) < 4.78 is 1.41. The molecular formula is C9H12N3O. The lowest BCUT2D eigenvalue weighted by Gasteiger charge is -2.26. The summed E-state index contributed by atoms with van der Waals surface area (Å²) in [5.74, 6) is 0. The second-order valence-corrected chi connectivity index (χ2v) is 3.23. The van der Waals surface area contributed by atoms with Crippen LogP contribution in [0.15, 0.2) is 12.4 Å². The van der Waals surface area contributed by atoms with Crippen LogP contribution in [0.4, 0.5) is 4.79 Å². The third kappa shape index (κ3) is 1.71. The predicted octanol–water partition coefficient (Wildman–Crippen LogP) is 1.14. The molecule has 1 aliphatic heterocycles. The predicted molar refractivity (Wildman–Crippen MR) is 47.3 cm³/mol. The molecule has 0 atom stereocenters. The van der Waals surface area contributed by atoms with Gasteiger partial charge in [0.15, 0.2) is 6.33 Å². The van der Waals surface area contributed by atoms with E-state index in [0.29, 0.717) is 0 Å². The summed E-state index contributed by atoms with van der Waals surface area (Å²) >= 11 is 0. The summed E-state index contributed by atoms with van der Waals surface area (Å²) in [7, 11) is 0. The van der Waals surface area contributed by atoms with E-state index in [-0.39, 0.29) is 6.03 Å². The van der Waals surface area contributed by atoms with Crippen LogP contribution >= 0.6 is 0 Å². The first kappa shape index (κ1) is 8.29. The standard InChI is InChI=1S/C9H12N3O/c13-9(12-7-4-10-8-12)11-5-2-1-3-6-11/h4,7H,1-3,5-6H2. The smallest absolute Gasteiger partial charge is 0.324 e. The molecule has 2 heterocycles. The molecule has 0 aliphatic carbocycles. The first-order valence-corrected chi connectivity index (χ1v) is 4.58. The van der Waals surface area contributed by atoms with Gasteiger partial charge in [0.25, 0.3) is 0 Å². The Morgan fingerprint density at radius 2 is 2.08 bits per heavy atom. The van der Waals surface area contributed by atoms with Gasteiger partial charge in [-0.25, -0.2) is 14.3 Å². The highest BCUT2D eigenvalue weighted by atomic mass is 16.2. The van der Waals surface area contributed by atoms with Crippen molar-refractivity contribution in [3.8, 4) is 0 Å². The van der Waals surface area contributed by atoms with E-state index in [9.17, 15) is 4.79 Å². The molecule has 1 aromatic heterocycles. The van der Waals surface area contributed by atoms with Crippen LogP contribution in [0.3, 0.4) is 0 Å². The topological polar surface area (TPSA) is 38.1 Å². The van der Waals surface area contributed by atoms with E-state index in [4.69, 9.17) is 0 Å². The van der Waals surface area contributed by atoms with Gasteiger partial charge in [-0.05, 0) is 19.3 Å². The Labute approximate surface area is 77.2 Å². The third-order valence-electron chi connectivity index (χ3n) is 2.29. The maximum atomic E-state index is 11.7. The van der Waals surface area contributed by atoms with Crippen LogP contribution in [0.2, 0.25) is 0 Å². The summed E-state index contributed by atoms with van der Waals surface area (Å²) in [4.78, 5) is 17.3. The van der Waals surface area contributed by atoms with Gasteiger partial charge in [0.05, 0.1) is 0 Å². The monoisotopic (exact) mass is 178 g/mol. The lowest BCUT2D eigenvalue weighted by molar-refractivity contribution is 0.188. The molecule has 2 rings (SSSR count). The van der Waals surface area contributed by atoms with Crippen molar-refractivity contribution in [3.63, 3.8) is 0 Å².